The number of amides is 1. The van der Waals surface area contributed by atoms with E-state index in [1.54, 1.807) is 12.1 Å². The van der Waals surface area contributed by atoms with Gasteiger partial charge < -0.3 is 10.1 Å². The molecule has 0 aliphatic carbocycles. The van der Waals surface area contributed by atoms with Gasteiger partial charge in [-0.05, 0) is 37.5 Å². The van der Waals surface area contributed by atoms with Gasteiger partial charge in [0.2, 0.25) is 5.91 Å². The van der Waals surface area contributed by atoms with Crippen molar-refractivity contribution < 1.29 is 9.53 Å². The average molecular weight is 258 g/mol. The first-order valence-electron chi connectivity index (χ1n) is 6.51. The minimum Gasteiger partial charge on any atom is -0.373 e. The van der Waals surface area contributed by atoms with Crippen molar-refractivity contribution in [2.45, 2.75) is 31.8 Å². The van der Waals surface area contributed by atoms with E-state index >= 15 is 0 Å². The Morgan fingerprint density at radius 1 is 1.47 bits per heavy atom. The van der Waals surface area contributed by atoms with Gasteiger partial charge in [0, 0.05) is 13.2 Å². The standard InChI is InChI=1S/C15H18N2O2/c1-15(7-2-8-19-15)11-17-14(18)9-12-3-5-13(10-16)6-4-12/h3-6H,2,7-9,11H2,1H3,(H,17,18). The van der Waals surface area contributed by atoms with Crippen LogP contribution < -0.4 is 5.32 Å². The van der Waals surface area contributed by atoms with E-state index in [0.29, 0.717) is 18.5 Å². The van der Waals surface area contributed by atoms with Gasteiger partial charge in [-0.25, -0.2) is 0 Å². The van der Waals surface area contributed by atoms with Crippen molar-refractivity contribution in [2.24, 2.45) is 0 Å². The molecule has 1 atom stereocenters. The Labute approximate surface area is 113 Å². The summed E-state index contributed by atoms with van der Waals surface area (Å²) >= 11 is 0. The van der Waals surface area contributed by atoms with E-state index < -0.39 is 0 Å². The van der Waals surface area contributed by atoms with Crippen molar-refractivity contribution in [3.05, 3.63) is 35.4 Å². The van der Waals surface area contributed by atoms with Crippen LogP contribution in [0.3, 0.4) is 0 Å². The van der Waals surface area contributed by atoms with Gasteiger partial charge in [-0.2, -0.15) is 5.26 Å². The Kier molecular flexibility index (Phi) is 4.18. The number of rotatable bonds is 4. The van der Waals surface area contributed by atoms with Crippen LogP contribution in [0.2, 0.25) is 0 Å². The van der Waals surface area contributed by atoms with Gasteiger partial charge in [0.25, 0.3) is 0 Å². The molecule has 1 heterocycles. The molecule has 0 spiro atoms. The Hall–Kier alpha value is -1.86. The van der Waals surface area contributed by atoms with Gasteiger partial charge in [-0.15, -0.1) is 0 Å². The van der Waals surface area contributed by atoms with E-state index in [1.807, 2.05) is 19.1 Å². The molecule has 4 nitrogen and oxygen atoms in total. The van der Waals surface area contributed by atoms with E-state index in [0.717, 1.165) is 25.0 Å². The average Bonchev–Trinajstić information content (AvgIpc) is 2.85. The molecule has 1 N–H and O–H groups in total. The first-order valence-corrected chi connectivity index (χ1v) is 6.51. The zero-order valence-electron chi connectivity index (χ0n) is 11.1. The second-order valence-corrected chi connectivity index (χ2v) is 5.16. The highest BCUT2D eigenvalue weighted by molar-refractivity contribution is 5.78. The van der Waals surface area contributed by atoms with Crippen LogP contribution in [0.4, 0.5) is 0 Å². The van der Waals surface area contributed by atoms with E-state index in [1.165, 1.54) is 0 Å². The molecule has 1 aromatic rings. The monoisotopic (exact) mass is 258 g/mol. The molecule has 1 aliphatic rings. The number of hydrogen-bond donors (Lipinski definition) is 1. The summed E-state index contributed by atoms with van der Waals surface area (Å²) in [6.07, 6.45) is 2.38. The Balaban J connectivity index is 1.82. The lowest BCUT2D eigenvalue weighted by molar-refractivity contribution is -0.121. The second-order valence-electron chi connectivity index (χ2n) is 5.16. The summed E-state index contributed by atoms with van der Waals surface area (Å²) in [6, 6.07) is 9.13. The van der Waals surface area contributed by atoms with E-state index in [4.69, 9.17) is 10.00 Å². The van der Waals surface area contributed by atoms with Gasteiger partial charge >= 0.3 is 0 Å². The van der Waals surface area contributed by atoms with E-state index in [-0.39, 0.29) is 11.5 Å². The van der Waals surface area contributed by atoms with E-state index in [9.17, 15) is 4.79 Å². The molecule has 0 bridgehead atoms. The minimum absolute atomic E-state index is 0.0126. The summed E-state index contributed by atoms with van der Waals surface area (Å²) in [6.45, 7) is 3.37. The third-order valence-corrected chi connectivity index (χ3v) is 3.41. The van der Waals surface area contributed by atoms with Gasteiger partial charge in [0.15, 0.2) is 0 Å². The Morgan fingerprint density at radius 3 is 2.79 bits per heavy atom. The molecule has 4 heteroatoms. The SMILES string of the molecule is CC1(CNC(=O)Cc2ccc(C#N)cc2)CCCO1. The van der Waals surface area contributed by atoms with Gasteiger partial charge in [-0.3, -0.25) is 4.79 Å². The maximum atomic E-state index is 11.8. The third-order valence-electron chi connectivity index (χ3n) is 3.41. The molecule has 1 amide bonds. The van der Waals surface area contributed by atoms with Crippen LogP contribution >= 0.6 is 0 Å². The van der Waals surface area contributed by atoms with Crippen LogP contribution in [-0.4, -0.2) is 24.7 Å². The summed E-state index contributed by atoms with van der Waals surface area (Å²) < 4.78 is 5.62. The number of nitrogens with one attached hydrogen (secondary N) is 1. The summed E-state index contributed by atoms with van der Waals surface area (Å²) in [5, 5.41) is 11.6. The predicted octanol–water partition coefficient (Wildman–Crippen LogP) is 1.79. The topological polar surface area (TPSA) is 62.1 Å². The van der Waals surface area contributed by atoms with Crippen LogP contribution in [0.25, 0.3) is 0 Å². The summed E-state index contributed by atoms with van der Waals surface area (Å²) in [4.78, 5) is 11.8. The number of nitrogens with zero attached hydrogens (tertiary/aromatic N) is 1. The molecule has 100 valence electrons. The first kappa shape index (κ1) is 13.6. The zero-order valence-corrected chi connectivity index (χ0v) is 11.1. The van der Waals surface area contributed by atoms with Crippen LogP contribution in [-0.2, 0) is 16.0 Å². The number of nitriles is 1. The number of benzene rings is 1. The lowest BCUT2D eigenvalue weighted by Gasteiger charge is -2.23. The molecule has 1 saturated heterocycles. The lowest BCUT2D eigenvalue weighted by atomic mass is 10.0. The van der Waals surface area contributed by atoms with Crippen LogP contribution in [0, 0.1) is 11.3 Å². The van der Waals surface area contributed by atoms with Crippen molar-refractivity contribution in [2.75, 3.05) is 13.2 Å². The normalized spacial score (nSPS) is 21.9. The highest BCUT2D eigenvalue weighted by Gasteiger charge is 2.29. The van der Waals surface area contributed by atoms with Gasteiger partial charge in [0.1, 0.15) is 0 Å². The minimum atomic E-state index is -0.208. The number of hydrogen-bond acceptors (Lipinski definition) is 3. The fourth-order valence-corrected chi connectivity index (χ4v) is 2.21. The zero-order chi connectivity index (χ0) is 13.7. The lowest BCUT2D eigenvalue weighted by Crippen LogP contribution is -2.40. The van der Waals surface area contributed by atoms with Crippen LogP contribution in [0.5, 0.6) is 0 Å². The molecular formula is C15H18N2O2. The third kappa shape index (κ3) is 3.80. The molecule has 1 unspecified atom stereocenters. The Bertz CT molecular complexity index is 482. The fourth-order valence-electron chi connectivity index (χ4n) is 2.21. The smallest absolute Gasteiger partial charge is 0.224 e. The largest absolute Gasteiger partial charge is 0.373 e. The molecular weight excluding hydrogens is 240 g/mol. The summed E-state index contributed by atoms with van der Waals surface area (Å²) in [5.74, 6) is -0.0126. The molecule has 1 aliphatic heterocycles. The quantitative estimate of drug-likeness (QED) is 0.895. The van der Waals surface area contributed by atoms with Crippen molar-refractivity contribution >= 4 is 5.91 Å². The Morgan fingerprint density at radius 2 is 2.21 bits per heavy atom. The molecule has 1 aromatic carbocycles. The van der Waals surface area contributed by atoms with Crippen LogP contribution in [0.1, 0.15) is 30.9 Å². The predicted molar refractivity (Wildman–Crippen MR) is 71.5 cm³/mol. The summed E-state index contributed by atoms with van der Waals surface area (Å²) in [7, 11) is 0. The second kappa shape index (κ2) is 5.85. The fraction of sp³-hybridized carbons (Fsp3) is 0.467. The number of carbonyl (C=O) groups is 1. The van der Waals surface area contributed by atoms with Gasteiger partial charge in [-0.1, -0.05) is 12.1 Å². The van der Waals surface area contributed by atoms with Crippen molar-refractivity contribution in [1.29, 1.82) is 5.26 Å². The summed E-state index contributed by atoms with van der Waals surface area (Å²) in [5.41, 5.74) is 1.31. The van der Waals surface area contributed by atoms with Crippen molar-refractivity contribution in [3.8, 4) is 6.07 Å². The molecule has 0 radical (unpaired) electrons. The maximum absolute atomic E-state index is 11.8. The van der Waals surface area contributed by atoms with Crippen LogP contribution in [0.15, 0.2) is 24.3 Å². The molecule has 2 rings (SSSR count). The molecule has 1 fully saturated rings. The highest BCUT2D eigenvalue weighted by Crippen LogP contribution is 2.23. The van der Waals surface area contributed by atoms with Crippen molar-refractivity contribution in [1.82, 2.24) is 5.32 Å². The first-order chi connectivity index (χ1) is 9.11. The number of ether oxygens (including phenoxy) is 1. The van der Waals surface area contributed by atoms with E-state index in [2.05, 4.69) is 11.4 Å². The van der Waals surface area contributed by atoms with Gasteiger partial charge in [0.05, 0.1) is 23.7 Å². The van der Waals surface area contributed by atoms with Crippen molar-refractivity contribution in [3.63, 3.8) is 0 Å². The molecule has 19 heavy (non-hydrogen) atoms. The number of carbonyl (C=O) groups excluding carboxylic acids is 1. The maximum Gasteiger partial charge on any atom is 0.224 e. The molecule has 0 aromatic heterocycles. The highest BCUT2D eigenvalue weighted by atomic mass is 16.5. The molecule has 0 saturated carbocycles.